The summed E-state index contributed by atoms with van der Waals surface area (Å²) in [6.07, 6.45) is 7.20. The van der Waals surface area contributed by atoms with Crippen LogP contribution in [0.2, 0.25) is 0 Å². The van der Waals surface area contributed by atoms with Crippen LogP contribution in [0.3, 0.4) is 0 Å². The lowest BCUT2D eigenvalue weighted by molar-refractivity contribution is -0.0325. The molecule has 1 saturated heterocycles. The van der Waals surface area contributed by atoms with Gasteiger partial charge < -0.3 is 10.1 Å². The van der Waals surface area contributed by atoms with E-state index in [9.17, 15) is 0 Å². The quantitative estimate of drug-likeness (QED) is 0.798. The molecule has 5 nitrogen and oxygen atoms in total. The minimum Gasteiger partial charge on any atom is -0.372 e. The van der Waals surface area contributed by atoms with Gasteiger partial charge in [0.05, 0.1) is 5.69 Å². The van der Waals surface area contributed by atoms with Crippen molar-refractivity contribution in [2.24, 2.45) is 5.92 Å². The minimum atomic E-state index is 0.161. The van der Waals surface area contributed by atoms with Crippen LogP contribution in [-0.2, 0) is 17.7 Å². The third kappa shape index (κ3) is 4.18. The zero-order valence-electron chi connectivity index (χ0n) is 13.8. The molecule has 1 fully saturated rings. The van der Waals surface area contributed by atoms with Gasteiger partial charge in [-0.2, -0.15) is 5.10 Å². The van der Waals surface area contributed by atoms with E-state index in [1.807, 2.05) is 24.5 Å². The topological polar surface area (TPSA) is 52.0 Å². The highest BCUT2D eigenvalue weighted by atomic mass is 16.5. The van der Waals surface area contributed by atoms with Crippen LogP contribution >= 0.6 is 0 Å². The van der Waals surface area contributed by atoms with Crippen LogP contribution in [0, 0.1) is 5.92 Å². The Hall–Kier alpha value is -1.72. The predicted octanol–water partition coefficient (Wildman–Crippen LogP) is 2.60. The summed E-state index contributed by atoms with van der Waals surface area (Å²) in [5, 5.41) is 7.97. The van der Waals surface area contributed by atoms with Gasteiger partial charge in [-0.25, -0.2) is 0 Å². The fourth-order valence-corrected chi connectivity index (χ4v) is 3.28. The van der Waals surface area contributed by atoms with E-state index in [4.69, 9.17) is 4.74 Å². The Labute approximate surface area is 138 Å². The molecule has 2 atom stereocenters. The van der Waals surface area contributed by atoms with Gasteiger partial charge in [-0.05, 0) is 38.0 Å². The van der Waals surface area contributed by atoms with E-state index < -0.39 is 0 Å². The Morgan fingerprint density at radius 3 is 3.09 bits per heavy atom. The van der Waals surface area contributed by atoms with Gasteiger partial charge >= 0.3 is 0 Å². The summed E-state index contributed by atoms with van der Waals surface area (Å²) in [5.41, 5.74) is 2.35. The van der Waals surface area contributed by atoms with E-state index in [0.717, 1.165) is 44.8 Å². The zero-order valence-corrected chi connectivity index (χ0v) is 13.8. The lowest BCUT2D eigenvalue weighted by Gasteiger charge is -2.32. The van der Waals surface area contributed by atoms with E-state index in [1.165, 1.54) is 12.1 Å². The van der Waals surface area contributed by atoms with Gasteiger partial charge in [-0.15, -0.1) is 0 Å². The molecular formula is C18H26N4O. The van der Waals surface area contributed by atoms with Crippen LogP contribution < -0.4 is 5.32 Å². The van der Waals surface area contributed by atoms with Gasteiger partial charge in [0.25, 0.3) is 0 Å². The van der Waals surface area contributed by atoms with Crippen molar-refractivity contribution in [2.75, 3.05) is 19.7 Å². The van der Waals surface area contributed by atoms with Crippen LogP contribution in [0.4, 0.5) is 0 Å². The molecule has 0 spiro atoms. The molecule has 124 valence electrons. The Morgan fingerprint density at radius 1 is 1.30 bits per heavy atom. The summed E-state index contributed by atoms with van der Waals surface area (Å²) in [6, 6.07) is 8.17. The maximum Gasteiger partial charge on any atom is 0.103 e. The predicted molar refractivity (Wildman–Crippen MR) is 90.1 cm³/mol. The Morgan fingerprint density at radius 2 is 2.26 bits per heavy atom. The van der Waals surface area contributed by atoms with Crippen molar-refractivity contribution in [2.45, 2.75) is 38.8 Å². The molecule has 0 aliphatic carbocycles. The van der Waals surface area contributed by atoms with Crippen molar-refractivity contribution in [1.82, 2.24) is 20.1 Å². The first kappa shape index (κ1) is 16.1. The van der Waals surface area contributed by atoms with Crippen LogP contribution in [0.5, 0.6) is 0 Å². The molecule has 0 radical (unpaired) electrons. The van der Waals surface area contributed by atoms with Crippen LogP contribution in [0.15, 0.2) is 36.7 Å². The normalized spacial score (nSPS) is 21.4. The number of ether oxygens (including phenoxy) is 1. The van der Waals surface area contributed by atoms with Gasteiger partial charge in [0.1, 0.15) is 6.10 Å². The van der Waals surface area contributed by atoms with Gasteiger partial charge in [-0.3, -0.25) is 9.67 Å². The average molecular weight is 314 g/mol. The minimum absolute atomic E-state index is 0.161. The Kier molecular flexibility index (Phi) is 5.77. The molecule has 0 bridgehead atoms. The van der Waals surface area contributed by atoms with E-state index in [2.05, 4.69) is 39.1 Å². The number of hydrogen-bond acceptors (Lipinski definition) is 4. The third-order valence-corrected chi connectivity index (χ3v) is 4.48. The van der Waals surface area contributed by atoms with Crippen LogP contribution in [-0.4, -0.2) is 34.5 Å². The smallest absolute Gasteiger partial charge is 0.103 e. The first-order chi connectivity index (χ1) is 11.4. The molecule has 0 aromatic carbocycles. The highest BCUT2D eigenvalue weighted by molar-refractivity contribution is 5.08. The average Bonchev–Trinajstić information content (AvgIpc) is 3.08. The maximum absolute atomic E-state index is 6.08. The molecule has 1 N–H and O–H groups in total. The van der Waals surface area contributed by atoms with Gasteiger partial charge in [0.15, 0.2) is 0 Å². The molecule has 5 heteroatoms. The van der Waals surface area contributed by atoms with Crippen LogP contribution in [0.25, 0.3) is 0 Å². The summed E-state index contributed by atoms with van der Waals surface area (Å²) in [7, 11) is 0. The van der Waals surface area contributed by atoms with Crippen molar-refractivity contribution in [3.63, 3.8) is 0 Å². The van der Waals surface area contributed by atoms with Crippen molar-refractivity contribution < 1.29 is 4.74 Å². The van der Waals surface area contributed by atoms with E-state index in [1.54, 1.807) is 0 Å². The van der Waals surface area contributed by atoms with E-state index in [-0.39, 0.29) is 6.10 Å². The second kappa shape index (κ2) is 8.22. The molecule has 2 aromatic rings. The summed E-state index contributed by atoms with van der Waals surface area (Å²) >= 11 is 0. The second-order valence-corrected chi connectivity index (χ2v) is 6.04. The van der Waals surface area contributed by atoms with E-state index >= 15 is 0 Å². The van der Waals surface area contributed by atoms with Crippen molar-refractivity contribution in [3.8, 4) is 0 Å². The molecule has 0 amide bonds. The summed E-state index contributed by atoms with van der Waals surface area (Å²) in [4.78, 5) is 4.37. The maximum atomic E-state index is 6.08. The molecule has 23 heavy (non-hydrogen) atoms. The van der Waals surface area contributed by atoms with Crippen LogP contribution in [0.1, 0.15) is 37.3 Å². The first-order valence-electron chi connectivity index (χ1n) is 8.62. The highest BCUT2D eigenvalue weighted by Crippen LogP contribution is 2.33. The standard InChI is InChI=1S/C18H26N4O/c1-2-22-17(9-12-21-22)18-15(6-5-13-23-18)14-19-11-8-16-7-3-4-10-20-16/h3-4,7,9-10,12,15,18-19H,2,5-6,8,11,13-14H2,1H3/t15-,18+/m0/s1. The van der Waals surface area contributed by atoms with E-state index in [0.29, 0.717) is 5.92 Å². The fraction of sp³-hybridized carbons (Fsp3) is 0.556. The molecule has 0 saturated carbocycles. The summed E-state index contributed by atoms with van der Waals surface area (Å²) < 4.78 is 8.13. The lowest BCUT2D eigenvalue weighted by Crippen LogP contribution is -2.33. The number of hydrogen-bond donors (Lipinski definition) is 1. The van der Waals surface area contributed by atoms with Crippen molar-refractivity contribution >= 4 is 0 Å². The number of aryl methyl sites for hydroxylation is 1. The fourth-order valence-electron chi connectivity index (χ4n) is 3.28. The van der Waals surface area contributed by atoms with Crippen molar-refractivity contribution in [1.29, 1.82) is 0 Å². The monoisotopic (exact) mass is 314 g/mol. The second-order valence-electron chi connectivity index (χ2n) is 6.04. The molecule has 3 rings (SSSR count). The number of nitrogens with one attached hydrogen (secondary N) is 1. The molecule has 2 aromatic heterocycles. The molecule has 1 aliphatic rings. The lowest BCUT2D eigenvalue weighted by atomic mass is 9.92. The summed E-state index contributed by atoms with van der Waals surface area (Å²) in [6.45, 7) is 5.80. The molecule has 1 aliphatic heterocycles. The number of aromatic nitrogens is 3. The third-order valence-electron chi connectivity index (χ3n) is 4.48. The first-order valence-corrected chi connectivity index (χ1v) is 8.62. The summed E-state index contributed by atoms with van der Waals surface area (Å²) in [5.74, 6) is 0.509. The zero-order chi connectivity index (χ0) is 15.9. The molecule has 3 heterocycles. The largest absolute Gasteiger partial charge is 0.372 e. The molecule has 0 unspecified atom stereocenters. The Bertz CT molecular complexity index is 584. The highest BCUT2D eigenvalue weighted by Gasteiger charge is 2.29. The number of rotatable bonds is 7. The SMILES string of the molecule is CCn1nccc1[C@@H]1OCCC[C@H]1CNCCc1ccccn1. The van der Waals surface area contributed by atoms with Gasteiger partial charge in [-0.1, -0.05) is 6.07 Å². The molecular weight excluding hydrogens is 288 g/mol. The Balaban J connectivity index is 1.53. The van der Waals surface area contributed by atoms with Crippen molar-refractivity contribution in [3.05, 3.63) is 48.0 Å². The van der Waals surface area contributed by atoms with Gasteiger partial charge in [0, 0.05) is 56.7 Å². The number of pyridine rings is 1. The van der Waals surface area contributed by atoms with Gasteiger partial charge in [0.2, 0.25) is 0 Å². The number of nitrogens with zero attached hydrogens (tertiary/aromatic N) is 3.